The molecule has 0 fully saturated rings. The van der Waals surface area contributed by atoms with Gasteiger partial charge in [-0.15, -0.1) is 0 Å². The fourth-order valence-electron chi connectivity index (χ4n) is 4.93. The second-order valence-electron chi connectivity index (χ2n) is 11.1. The number of ether oxygens (including phenoxy) is 2. The summed E-state index contributed by atoms with van der Waals surface area (Å²) in [7, 11) is 9.42. The second-order valence-corrected chi connectivity index (χ2v) is 11.1. The topological polar surface area (TPSA) is 154 Å². The van der Waals surface area contributed by atoms with Crippen LogP contribution in [0.3, 0.4) is 0 Å². The number of primary amides is 1. The average molecular weight is 589 g/mol. The Morgan fingerprint density at radius 3 is 2.44 bits per heavy atom. The fourth-order valence-corrected chi connectivity index (χ4v) is 4.93. The van der Waals surface area contributed by atoms with Gasteiger partial charge >= 0.3 is 5.97 Å². The number of hydrogen-bond donors (Lipinski definition) is 3. The number of carbonyl (C=O) groups excluding carboxylic acids is 2. The highest BCUT2D eigenvalue weighted by Gasteiger charge is 2.23. The van der Waals surface area contributed by atoms with Crippen molar-refractivity contribution in [2.75, 3.05) is 57.3 Å². The van der Waals surface area contributed by atoms with Crippen molar-refractivity contribution in [3.63, 3.8) is 0 Å². The molecule has 0 aliphatic heterocycles. The molecule has 228 valence electrons. The molecule has 0 atom stereocenters. The first-order valence-corrected chi connectivity index (χ1v) is 13.9. The Labute approximate surface area is 251 Å². The van der Waals surface area contributed by atoms with Gasteiger partial charge in [-0.2, -0.15) is 0 Å². The SMILES string of the molecule is COc1cc(N(C)CCN(C)C)c(N)cc1Nc1ncc(C(=O)OC(C)C)c(-c2cc(C(N)=O)c3c(c2)c(C)cn3C)n1. The van der Waals surface area contributed by atoms with E-state index < -0.39 is 11.9 Å². The number of amides is 1. The molecular weight excluding hydrogens is 548 g/mol. The molecule has 12 nitrogen and oxygen atoms in total. The normalized spacial score (nSPS) is 11.3. The fraction of sp³-hybridized carbons (Fsp3) is 0.355. The van der Waals surface area contributed by atoms with Gasteiger partial charge in [-0.05, 0) is 58.6 Å². The van der Waals surface area contributed by atoms with Crippen molar-refractivity contribution in [1.82, 2.24) is 19.4 Å². The third-order valence-electron chi connectivity index (χ3n) is 7.05. The predicted molar refractivity (Wildman–Crippen MR) is 170 cm³/mol. The Bertz CT molecular complexity index is 1680. The van der Waals surface area contributed by atoms with Crippen molar-refractivity contribution in [3.05, 3.63) is 53.3 Å². The van der Waals surface area contributed by atoms with Crippen LogP contribution in [0.25, 0.3) is 22.2 Å². The number of aromatic nitrogens is 3. The number of methoxy groups -OCH3 is 1. The monoisotopic (exact) mass is 588 g/mol. The minimum absolute atomic E-state index is 0.145. The highest BCUT2D eigenvalue weighted by molar-refractivity contribution is 6.08. The number of rotatable bonds is 11. The Morgan fingerprint density at radius 1 is 1.09 bits per heavy atom. The van der Waals surface area contributed by atoms with Gasteiger partial charge in [0, 0.05) is 56.6 Å². The van der Waals surface area contributed by atoms with Crippen molar-refractivity contribution >= 4 is 45.8 Å². The third kappa shape index (κ3) is 6.64. The number of benzene rings is 2. The van der Waals surface area contributed by atoms with E-state index >= 15 is 0 Å². The quantitative estimate of drug-likeness (QED) is 0.173. The van der Waals surface area contributed by atoms with Crippen molar-refractivity contribution in [2.24, 2.45) is 12.8 Å². The lowest BCUT2D eigenvalue weighted by atomic mass is 9.99. The first-order chi connectivity index (χ1) is 20.3. The zero-order chi connectivity index (χ0) is 31.6. The maximum atomic E-state index is 13.2. The Morgan fingerprint density at radius 2 is 1.81 bits per heavy atom. The molecule has 0 saturated carbocycles. The van der Waals surface area contributed by atoms with Crippen molar-refractivity contribution in [2.45, 2.75) is 26.9 Å². The van der Waals surface area contributed by atoms with Crippen LogP contribution in [-0.4, -0.2) is 78.8 Å². The lowest BCUT2D eigenvalue weighted by molar-refractivity contribution is 0.0378. The van der Waals surface area contributed by atoms with Crippen LogP contribution in [0, 0.1) is 6.92 Å². The molecule has 2 heterocycles. The van der Waals surface area contributed by atoms with E-state index in [4.69, 9.17) is 25.9 Å². The molecule has 2 aromatic heterocycles. The highest BCUT2D eigenvalue weighted by atomic mass is 16.5. The van der Waals surface area contributed by atoms with Crippen LogP contribution in [0.5, 0.6) is 5.75 Å². The molecular formula is C31H40N8O4. The maximum Gasteiger partial charge on any atom is 0.342 e. The number of nitrogens with zero attached hydrogens (tertiary/aromatic N) is 5. The van der Waals surface area contributed by atoms with Crippen molar-refractivity contribution in [3.8, 4) is 17.0 Å². The van der Waals surface area contributed by atoms with Crippen LogP contribution < -0.4 is 26.4 Å². The molecule has 0 spiro atoms. The van der Waals surface area contributed by atoms with E-state index in [9.17, 15) is 9.59 Å². The van der Waals surface area contributed by atoms with Gasteiger partial charge in [0.05, 0.1) is 47.1 Å². The van der Waals surface area contributed by atoms with Gasteiger partial charge in [-0.25, -0.2) is 14.8 Å². The largest absolute Gasteiger partial charge is 0.494 e. The first-order valence-electron chi connectivity index (χ1n) is 13.9. The average Bonchev–Trinajstić information content (AvgIpc) is 3.23. The number of carbonyl (C=O) groups is 2. The van der Waals surface area contributed by atoms with Gasteiger partial charge in [-0.1, -0.05) is 0 Å². The molecule has 0 aliphatic rings. The molecule has 4 rings (SSSR count). The van der Waals surface area contributed by atoms with Crippen LogP contribution in [0.1, 0.15) is 40.1 Å². The van der Waals surface area contributed by atoms with E-state index in [2.05, 4.69) is 20.1 Å². The van der Waals surface area contributed by atoms with Crippen LogP contribution in [-0.2, 0) is 11.8 Å². The van der Waals surface area contributed by atoms with Gasteiger partial charge < -0.3 is 40.6 Å². The molecule has 0 bridgehead atoms. The van der Waals surface area contributed by atoms with Gasteiger partial charge in [0.15, 0.2) is 0 Å². The molecule has 1 amide bonds. The summed E-state index contributed by atoms with van der Waals surface area (Å²) in [6.07, 6.45) is 2.96. The van der Waals surface area contributed by atoms with E-state index in [0.29, 0.717) is 33.8 Å². The summed E-state index contributed by atoms with van der Waals surface area (Å²) in [4.78, 5) is 39.0. The van der Waals surface area contributed by atoms with Crippen LogP contribution >= 0.6 is 0 Å². The van der Waals surface area contributed by atoms with Gasteiger partial charge in [0.25, 0.3) is 5.91 Å². The standard InChI is InChI=1S/C31H40N8O4/c1-17(2)43-30(41)22-15-34-31(35-24-13-23(32)25(14-26(24)42-8)38(6)10-9-37(4)5)36-27(22)19-11-20-18(3)16-39(7)28(20)21(12-19)29(33)40/h11-17H,9-10,32H2,1-8H3,(H2,33,40)(H,34,35,36). The Hall–Kier alpha value is -4.84. The number of likely N-dealkylation sites (N-methyl/N-ethyl adjacent to an activating group) is 2. The van der Waals surface area contributed by atoms with E-state index in [1.807, 2.05) is 58.0 Å². The first kappa shape index (κ1) is 31.1. The zero-order valence-electron chi connectivity index (χ0n) is 26.0. The zero-order valence-corrected chi connectivity index (χ0v) is 26.0. The molecule has 4 aromatic rings. The summed E-state index contributed by atoms with van der Waals surface area (Å²) in [5.41, 5.74) is 17.0. The van der Waals surface area contributed by atoms with Crippen LogP contribution in [0.15, 0.2) is 36.7 Å². The number of anilines is 4. The van der Waals surface area contributed by atoms with E-state index in [1.165, 1.54) is 6.20 Å². The Balaban J connectivity index is 1.83. The molecule has 0 unspecified atom stereocenters. The maximum absolute atomic E-state index is 13.2. The van der Waals surface area contributed by atoms with Gasteiger partial charge in [-0.3, -0.25) is 4.79 Å². The number of esters is 1. The van der Waals surface area contributed by atoms with E-state index in [-0.39, 0.29) is 23.3 Å². The summed E-state index contributed by atoms with van der Waals surface area (Å²) >= 11 is 0. The van der Waals surface area contributed by atoms with Gasteiger partial charge in [0.1, 0.15) is 11.3 Å². The summed E-state index contributed by atoms with van der Waals surface area (Å²) < 4.78 is 13.0. The number of nitrogen functional groups attached to an aromatic ring is 1. The minimum atomic E-state index is -0.595. The second kappa shape index (κ2) is 12.6. The molecule has 5 N–H and O–H groups in total. The summed E-state index contributed by atoms with van der Waals surface area (Å²) in [5, 5.41) is 4.00. The number of nitrogens with one attached hydrogen (secondary N) is 1. The number of aryl methyl sites for hydroxylation is 2. The summed E-state index contributed by atoms with van der Waals surface area (Å²) in [6.45, 7) is 7.09. The molecule has 0 saturated heterocycles. The molecule has 43 heavy (non-hydrogen) atoms. The number of hydrogen-bond acceptors (Lipinski definition) is 10. The Kier molecular flexibility index (Phi) is 9.10. The minimum Gasteiger partial charge on any atom is -0.494 e. The predicted octanol–water partition coefficient (Wildman–Crippen LogP) is 3.94. The summed E-state index contributed by atoms with van der Waals surface area (Å²) in [5.74, 6) is -0.462. The molecule has 0 radical (unpaired) electrons. The van der Waals surface area contributed by atoms with Crippen molar-refractivity contribution < 1.29 is 19.1 Å². The summed E-state index contributed by atoms with van der Waals surface area (Å²) in [6, 6.07) is 7.13. The highest BCUT2D eigenvalue weighted by Crippen LogP contribution is 2.37. The lowest BCUT2D eigenvalue weighted by Gasteiger charge is -2.24. The van der Waals surface area contributed by atoms with Gasteiger partial charge in [0.2, 0.25) is 5.95 Å². The lowest BCUT2D eigenvalue weighted by Crippen LogP contribution is -2.29. The van der Waals surface area contributed by atoms with Crippen LogP contribution in [0.4, 0.5) is 23.0 Å². The number of fused-ring (bicyclic) bond motifs is 1. The van der Waals surface area contributed by atoms with E-state index in [0.717, 1.165) is 29.7 Å². The number of nitrogens with two attached hydrogens (primary N) is 2. The molecule has 12 heteroatoms. The smallest absolute Gasteiger partial charge is 0.342 e. The van der Waals surface area contributed by atoms with E-state index in [1.54, 1.807) is 33.1 Å². The van der Waals surface area contributed by atoms with Crippen molar-refractivity contribution in [1.29, 1.82) is 0 Å². The molecule has 2 aromatic carbocycles. The molecule has 0 aliphatic carbocycles. The third-order valence-corrected chi connectivity index (χ3v) is 7.05. The van der Waals surface area contributed by atoms with Crippen LogP contribution in [0.2, 0.25) is 0 Å².